The van der Waals surface area contributed by atoms with E-state index in [-0.39, 0.29) is 19.6 Å². The van der Waals surface area contributed by atoms with Crippen molar-refractivity contribution in [3.8, 4) is 0 Å². The Kier molecular flexibility index (Phi) is 23.2. The van der Waals surface area contributed by atoms with Gasteiger partial charge in [-0.3, -0.25) is 4.52 Å². The van der Waals surface area contributed by atoms with Crippen molar-refractivity contribution in [2.45, 2.75) is 128 Å². The van der Waals surface area contributed by atoms with Crippen molar-refractivity contribution >= 4 is 20.0 Å². The van der Waals surface area contributed by atoms with Crippen LogP contribution in [-0.2, 0) is 18.6 Å². The van der Waals surface area contributed by atoms with Gasteiger partial charge in [-0.05, 0) is 6.42 Å². The molecule has 0 aromatic rings. The fourth-order valence-corrected chi connectivity index (χ4v) is 5.27. The number of hydrogen-bond donors (Lipinski definition) is 3. The lowest BCUT2D eigenvalue weighted by Crippen LogP contribution is -2.44. The first-order valence-corrected chi connectivity index (χ1v) is 17.6. The van der Waals surface area contributed by atoms with E-state index < -0.39 is 32.2 Å². The van der Waals surface area contributed by atoms with Gasteiger partial charge in [0.05, 0.1) is 21.1 Å². The maximum absolute atomic E-state index is 12.2. The number of carbonyl (C=O) groups excluding carboxylic acids is 2. The van der Waals surface area contributed by atoms with E-state index in [1.165, 1.54) is 102 Å². The molecule has 0 aromatic heterocycles. The summed E-state index contributed by atoms with van der Waals surface area (Å²) in [5, 5.41) is 2.72. The number of likely N-dealkylation sites (N-methyl/N-ethyl adjacent to an activating group) is 1. The van der Waals surface area contributed by atoms with Crippen molar-refractivity contribution in [3.63, 3.8) is 0 Å². The second kappa shape index (κ2) is 24.0. The Morgan fingerprint density at radius 1 is 0.786 bits per heavy atom. The number of hydrogen-bond acceptors (Lipinski definition) is 6. The molecule has 12 heteroatoms. The highest BCUT2D eigenvalue weighted by molar-refractivity contribution is 7.46. The summed E-state index contributed by atoms with van der Waals surface area (Å²) in [4.78, 5) is 44.3. The first-order valence-electron chi connectivity index (χ1n) is 16.1. The van der Waals surface area contributed by atoms with Gasteiger partial charge < -0.3 is 34.0 Å². The van der Waals surface area contributed by atoms with Gasteiger partial charge in [0.1, 0.15) is 25.4 Å². The van der Waals surface area contributed by atoms with Crippen LogP contribution in [0.3, 0.4) is 0 Å². The van der Waals surface area contributed by atoms with E-state index in [0.29, 0.717) is 11.0 Å². The minimum atomic E-state index is -4.78. The zero-order valence-electron chi connectivity index (χ0n) is 27.5. The van der Waals surface area contributed by atoms with Crippen molar-refractivity contribution in [1.29, 1.82) is 0 Å². The molecule has 0 aliphatic carbocycles. The number of rotatable bonds is 26. The van der Waals surface area contributed by atoms with Crippen LogP contribution in [0.25, 0.3) is 0 Å². The molecule has 0 aliphatic rings. The van der Waals surface area contributed by atoms with E-state index in [4.69, 9.17) is 14.0 Å². The van der Waals surface area contributed by atoms with Crippen LogP contribution < -0.4 is 5.32 Å². The summed E-state index contributed by atoms with van der Waals surface area (Å²) in [6.45, 7) is 2.73. The summed E-state index contributed by atoms with van der Waals surface area (Å²) < 4.78 is 27.5. The molecule has 2 unspecified atom stereocenters. The molecule has 0 saturated heterocycles. The number of quaternary nitrogens is 1. The second-order valence-electron chi connectivity index (χ2n) is 12.7. The zero-order valence-corrected chi connectivity index (χ0v) is 28.4. The monoisotopic (exact) mass is 624 g/mol. The first-order chi connectivity index (χ1) is 19.7. The number of carbonyl (C=O) groups is 2. The molecule has 0 spiro atoms. The van der Waals surface area contributed by atoms with Gasteiger partial charge in [0.25, 0.3) is 0 Å². The Hall–Kier alpha value is -1.39. The van der Waals surface area contributed by atoms with E-state index in [1.54, 1.807) is 0 Å². The Bertz CT molecular complexity index is 743. The molecule has 11 nitrogen and oxygen atoms in total. The van der Waals surface area contributed by atoms with E-state index >= 15 is 0 Å². The van der Waals surface area contributed by atoms with Crippen LogP contribution in [0.1, 0.15) is 116 Å². The molecule has 42 heavy (non-hydrogen) atoms. The molecule has 0 fully saturated rings. The van der Waals surface area contributed by atoms with E-state index in [0.717, 1.165) is 19.3 Å². The predicted molar refractivity (Wildman–Crippen MR) is 167 cm³/mol. The summed E-state index contributed by atoms with van der Waals surface area (Å²) in [5.74, 6) is 0. The third-order valence-electron chi connectivity index (χ3n) is 6.90. The molecule has 0 rings (SSSR count). The van der Waals surface area contributed by atoms with Gasteiger partial charge in [-0.25, -0.2) is 14.2 Å². The van der Waals surface area contributed by atoms with Crippen LogP contribution in [0.15, 0.2) is 0 Å². The van der Waals surface area contributed by atoms with Crippen molar-refractivity contribution in [1.82, 2.24) is 10.2 Å². The third kappa shape index (κ3) is 27.4. The quantitative estimate of drug-likeness (QED) is 0.0556. The van der Waals surface area contributed by atoms with Crippen LogP contribution in [0.5, 0.6) is 0 Å². The molecule has 0 heterocycles. The van der Waals surface area contributed by atoms with Gasteiger partial charge in [-0.15, -0.1) is 0 Å². The number of nitrogens with zero attached hydrogens (tertiary/aromatic N) is 2. The summed E-state index contributed by atoms with van der Waals surface area (Å²) in [7, 11) is 3.79. The van der Waals surface area contributed by atoms with E-state index in [9.17, 15) is 23.9 Å². The second-order valence-corrected chi connectivity index (χ2v) is 13.8. The predicted octanol–water partition coefficient (Wildman–Crippen LogP) is 6.62. The number of ether oxygens (including phenoxy) is 2. The SMILES string of the molecule is CCCCCCCCCCCCCCCCCCNC(=O)OCC(CC(C[N+](C)(C)C)OP(=O)(O)O)OC(=O)N(C)C. The largest absolute Gasteiger partial charge is 0.470 e. The number of phosphoric acid groups is 1. The maximum Gasteiger partial charge on any atom is 0.470 e. The molecule has 0 aliphatic heterocycles. The molecule has 0 saturated carbocycles. The third-order valence-corrected chi connectivity index (χ3v) is 7.47. The van der Waals surface area contributed by atoms with Gasteiger partial charge in [-0.2, -0.15) is 0 Å². The van der Waals surface area contributed by atoms with Crippen LogP contribution in [-0.4, -0.2) is 98.5 Å². The maximum atomic E-state index is 12.2. The summed E-state index contributed by atoms with van der Waals surface area (Å²) >= 11 is 0. The van der Waals surface area contributed by atoms with Crippen LogP contribution in [0, 0.1) is 0 Å². The normalized spacial score (nSPS) is 13.4. The number of phosphoric ester groups is 1. The molecule has 250 valence electrons. The van der Waals surface area contributed by atoms with Crippen LogP contribution in [0.2, 0.25) is 0 Å². The topological polar surface area (TPSA) is 135 Å². The van der Waals surface area contributed by atoms with Crippen LogP contribution in [0.4, 0.5) is 9.59 Å². The van der Waals surface area contributed by atoms with Crippen LogP contribution >= 0.6 is 7.82 Å². The van der Waals surface area contributed by atoms with Gasteiger partial charge in [0, 0.05) is 27.1 Å². The van der Waals surface area contributed by atoms with Crippen molar-refractivity contribution in [2.24, 2.45) is 0 Å². The zero-order chi connectivity index (χ0) is 31.9. The average molecular weight is 625 g/mol. The Morgan fingerprint density at radius 2 is 1.24 bits per heavy atom. The van der Waals surface area contributed by atoms with E-state index in [1.807, 2.05) is 21.1 Å². The highest BCUT2D eigenvalue weighted by Gasteiger charge is 2.32. The number of nitrogens with one attached hydrogen (secondary N) is 1. The highest BCUT2D eigenvalue weighted by atomic mass is 31.2. The Labute approximate surface area is 255 Å². The lowest BCUT2D eigenvalue weighted by atomic mass is 10.0. The molecule has 0 bridgehead atoms. The lowest BCUT2D eigenvalue weighted by Gasteiger charge is -2.31. The number of alkyl carbamates (subject to hydrolysis) is 1. The van der Waals surface area contributed by atoms with Gasteiger partial charge in [-0.1, -0.05) is 103 Å². The minimum absolute atomic E-state index is 0.0490. The highest BCUT2D eigenvalue weighted by Crippen LogP contribution is 2.39. The van der Waals surface area contributed by atoms with Gasteiger partial charge in [0.2, 0.25) is 0 Å². The Balaban J connectivity index is 4.17. The standard InChI is InChI=1S/C30H62N3O8P/c1-7-8-9-10-11-12-13-14-15-16-17-18-19-20-21-22-23-31-29(34)39-26-28(40-30(35)32(2)3)24-27(25-33(4,5)6)41-42(36,37)38/h27-28H,7-26H2,1-6H3,(H2-,31,34,36,37,38)/p+1. The average Bonchev–Trinajstić information content (AvgIpc) is 2.87. The fourth-order valence-electron chi connectivity index (χ4n) is 4.73. The molecule has 3 N–H and O–H groups in total. The summed E-state index contributed by atoms with van der Waals surface area (Å²) in [6, 6.07) is 0. The van der Waals surface area contributed by atoms with Crippen molar-refractivity contribution in [3.05, 3.63) is 0 Å². The molecule has 2 atom stereocenters. The van der Waals surface area contributed by atoms with E-state index in [2.05, 4.69) is 12.2 Å². The molecule has 0 radical (unpaired) electrons. The first kappa shape index (κ1) is 40.6. The number of amides is 2. The minimum Gasteiger partial charge on any atom is -0.446 e. The molecule has 0 aromatic carbocycles. The lowest BCUT2D eigenvalue weighted by molar-refractivity contribution is -0.873. The molecular weight excluding hydrogens is 561 g/mol. The molecule has 2 amide bonds. The summed E-state index contributed by atoms with van der Waals surface area (Å²) in [5.41, 5.74) is 0. The van der Waals surface area contributed by atoms with Crippen molar-refractivity contribution < 1.29 is 42.4 Å². The van der Waals surface area contributed by atoms with Gasteiger partial charge >= 0.3 is 20.0 Å². The number of unbranched alkanes of at least 4 members (excludes halogenated alkanes) is 15. The van der Waals surface area contributed by atoms with Crippen molar-refractivity contribution in [2.75, 3.05) is 54.9 Å². The van der Waals surface area contributed by atoms with Gasteiger partial charge in [0.15, 0.2) is 0 Å². The smallest absolute Gasteiger partial charge is 0.446 e. The summed E-state index contributed by atoms with van der Waals surface area (Å²) in [6.07, 6.45) is 17.3. The fraction of sp³-hybridized carbons (Fsp3) is 0.933. The molecular formula is C30H63N3O8P+. The Morgan fingerprint density at radius 3 is 1.64 bits per heavy atom.